The number of carbonyl (C=O) groups is 2. The van der Waals surface area contributed by atoms with Gasteiger partial charge in [0, 0.05) is 22.3 Å². The van der Waals surface area contributed by atoms with Gasteiger partial charge in [0.15, 0.2) is 0 Å². The van der Waals surface area contributed by atoms with Gasteiger partial charge >= 0.3 is 0 Å². The number of anilines is 2. The van der Waals surface area contributed by atoms with Gasteiger partial charge in [0.05, 0.1) is 0 Å². The van der Waals surface area contributed by atoms with E-state index in [2.05, 4.69) is 36.6 Å². The highest BCUT2D eigenvalue weighted by Crippen LogP contribution is 2.19. The fourth-order valence-electron chi connectivity index (χ4n) is 2.59. The molecule has 1 heterocycles. The zero-order valence-electron chi connectivity index (χ0n) is 15.3. The maximum absolute atomic E-state index is 12.2. The second-order valence-electron chi connectivity index (χ2n) is 6.26. The topological polar surface area (TPSA) is 88.9 Å². The van der Waals surface area contributed by atoms with Gasteiger partial charge in [-0.3, -0.25) is 9.59 Å². The van der Waals surface area contributed by atoms with Crippen LogP contribution in [0.2, 0.25) is 0 Å². The molecule has 0 aliphatic rings. The van der Waals surface area contributed by atoms with Gasteiger partial charge in [0.2, 0.25) is 11.8 Å². The lowest BCUT2D eigenvalue weighted by Gasteiger charge is -2.12. The maximum Gasteiger partial charge on any atom is 0.249 e. The van der Waals surface area contributed by atoms with Crippen molar-refractivity contribution in [3.05, 3.63) is 71.2 Å². The van der Waals surface area contributed by atoms with Gasteiger partial charge in [-0.05, 0) is 49.2 Å². The van der Waals surface area contributed by atoms with E-state index < -0.39 is 6.04 Å². The van der Waals surface area contributed by atoms with E-state index in [-0.39, 0.29) is 11.8 Å². The molecular formula is C20H20BrN5O2. The van der Waals surface area contributed by atoms with Crippen LogP contribution in [0, 0.1) is 0 Å². The Balaban J connectivity index is 1.50. The molecule has 0 saturated carbocycles. The van der Waals surface area contributed by atoms with Crippen LogP contribution in [-0.4, -0.2) is 26.6 Å². The lowest BCUT2D eigenvalue weighted by Crippen LogP contribution is -2.24. The Labute approximate surface area is 171 Å². The molecule has 7 nitrogen and oxygen atoms in total. The van der Waals surface area contributed by atoms with E-state index in [9.17, 15) is 9.59 Å². The smallest absolute Gasteiger partial charge is 0.249 e. The molecule has 8 heteroatoms. The number of amides is 2. The van der Waals surface area contributed by atoms with Crippen LogP contribution >= 0.6 is 15.9 Å². The maximum atomic E-state index is 12.2. The highest BCUT2D eigenvalue weighted by molar-refractivity contribution is 9.10. The van der Waals surface area contributed by atoms with Crippen molar-refractivity contribution in [2.24, 2.45) is 0 Å². The summed E-state index contributed by atoms with van der Waals surface area (Å²) in [7, 11) is 0. The Bertz CT molecular complexity index is 941. The molecular weight excluding hydrogens is 422 g/mol. The molecule has 0 saturated heterocycles. The fraction of sp³-hybridized carbons (Fsp3) is 0.200. The monoisotopic (exact) mass is 441 g/mol. The first-order valence-electron chi connectivity index (χ1n) is 8.81. The highest BCUT2D eigenvalue weighted by Gasteiger charge is 2.15. The van der Waals surface area contributed by atoms with Crippen LogP contribution in [0.4, 0.5) is 11.4 Å². The molecule has 0 aliphatic carbocycles. The van der Waals surface area contributed by atoms with E-state index in [4.69, 9.17) is 0 Å². The Hall–Kier alpha value is -3.00. The van der Waals surface area contributed by atoms with Crippen molar-refractivity contribution in [1.29, 1.82) is 0 Å². The zero-order valence-corrected chi connectivity index (χ0v) is 16.9. The number of aromatic nitrogens is 3. The molecule has 0 radical (unpaired) electrons. The molecule has 0 fully saturated rings. The van der Waals surface area contributed by atoms with Crippen molar-refractivity contribution in [1.82, 2.24) is 14.8 Å². The number of aryl methyl sites for hydroxylation is 1. The summed E-state index contributed by atoms with van der Waals surface area (Å²) in [5.41, 5.74) is 2.42. The van der Waals surface area contributed by atoms with Gasteiger partial charge in [-0.2, -0.15) is 5.10 Å². The molecule has 2 N–H and O–H groups in total. The van der Waals surface area contributed by atoms with Crippen LogP contribution < -0.4 is 10.6 Å². The molecule has 2 aromatic carbocycles. The van der Waals surface area contributed by atoms with Crippen molar-refractivity contribution in [3.63, 3.8) is 0 Å². The second-order valence-corrected chi connectivity index (χ2v) is 7.11. The Morgan fingerprint density at radius 3 is 2.39 bits per heavy atom. The van der Waals surface area contributed by atoms with Crippen LogP contribution in [0.1, 0.15) is 24.9 Å². The number of benzene rings is 2. The number of nitrogens with one attached hydrogen (secondary N) is 2. The van der Waals surface area contributed by atoms with Crippen molar-refractivity contribution >= 4 is 39.1 Å². The number of hydrogen-bond donors (Lipinski definition) is 2. The lowest BCUT2D eigenvalue weighted by atomic mass is 10.1. The number of carbonyl (C=O) groups excluding carboxylic acids is 2. The SMILES string of the molecule is CC(C(=O)Nc1ccc(NC(=O)CCc2ccccc2Br)cc1)n1cncn1. The second kappa shape index (κ2) is 9.27. The number of rotatable bonds is 7. The van der Waals surface area contributed by atoms with Crippen LogP contribution in [0.5, 0.6) is 0 Å². The van der Waals surface area contributed by atoms with Crippen LogP contribution in [0.3, 0.4) is 0 Å². The van der Waals surface area contributed by atoms with E-state index in [1.807, 2.05) is 24.3 Å². The van der Waals surface area contributed by atoms with Gasteiger partial charge in [-0.15, -0.1) is 0 Å². The van der Waals surface area contributed by atoms with Crippen molar-refractivity contribution in [2.75, 3.05) is 10.6 Å². The summed E-state index contributed by atoms with van der Waals surface area (Å²) < 4.78 is 2.48. The van der Waals surface area contributed by atoms with E-state index >= 15 is 0 Å². The Kier molecular flexibility index (Phi) is 6.54. The molecule has 2 amide bonds. The first-order chi connectivity index (χ1) is 13.5. The molecule has 144 valence electrons. The third kappa shape index (κ3) is 5.26. The molecule has 0 spiro atoms. The Morgan fingerprint density at radius 2 is 1.75 bits per heavy atom. The minimum absolute atomic E-state index is 0.0626. The quantitative estimate of drug-likeness (QED) is 0.583. The fourth-order valence-corrected chi connectivity index (χ4v) is 3.08. The van der Waals surface area contributed by atoms with Crippen LogP contribution in [0.25, 0.3) is 0 Å². The van der Waals surface area contributed by atoms with E-state index in [1.54, 1.807) is 31.2 Å². The predicted octanol–water partition coefficient (Wildman–Crippen LogP) is 3.81. The summed E-state index contributed by atoms with van der Waals surface area (Å²) in [5.74, 6) is -0.261. The standard InChI is InChI=1S/C20H20BrN5O2/c1-14(26-13-22-12-23-26)20(28)25-17-9-7-16(8-10-17)24-19(27)11-6-15-4-2-3-5-18(15)21/h2-5,7-10,12-14H,6,11H2,1H3,(H,24,27)(H,25,28). The molecule has 1 atom stereocenters. The number of nitrogens with zero attached hydrogens (tertiary/aromatic N) is 3. The highest BCUT2D eigenvalue weighted by atomic mass is 79.9. The predicted molar refractivity (Wildman–Crippen MR) is 111 cm³/mol. The number of hydrogen-bond acceptors (Lipinski definition) is 4. The van der Waals surface area contributed by atoms with E-state index in [0.717, 1.165) is 10.0 Å². The average Bonchev–Trinajstić information content (AvgIpc) is 3.23. The van der Waals surface area contributed by atoms with Crippen molar-refractivity contribution in [3.8, 4) is 0 Å². The summed E-state index contributed by atoms with van der Waals surface area (Å²) in [6, 6.07) is 14.4. The van der Waals surface area contributed by atoms with Crippen molar-refractivity contribution < 1.29 is 9.59 Å². The van der Waals surface area contributed by atoms with Crippen molar-refractivity contribution in [2.45, 2.75) is 25.8 Å². The number of halogens is 1. The van der Waals surface area contributed by atoms with Gasteiger partial charge in [0.25, 0.3) is 0 Å². The summed E-state index contributed by atoms with van der Waals surface area (Å²) in [6.45, 7) is 1.74. The molecule has 28 heavy (non-hydrogen) atoms. The average molecular weight is 442 g/mol. The first kappa shape index (κ1) is 19.8. The third-order valence-corrected chi connectivity index (χ3v) is 5.00. The molecule has 1 aromatic heterocycles. The lowest BCUT2D eigenvalue weighted by molar-refractivity contribution is -0.119. The molecule has 3 rings (SSSR count). The first-order valence-corrected chi connectivity index (χ1v) is 9.60. The van der Waals surface area contributed by atoms with Gasteiger partial charge in [-0.25, -0.2) is 9.67 Å². The van der Waals surface area contributed by atoms with E-state index in [0.29, 0.717) is 24.2 Å². The molecule has 0 bridgehead atoms. The summed E-state index contributed by atoms with van der Waals surface area (Å²) in [6.07, 6.45) is 3.92. The third-order valence-electron chi connectivity index (χ3n) is 4.23. The zero-order chi connectivity index (χ0) is 19.9. The normalized spacial score (nSPS) is 11.6. The summed E-state index contributed by atoms with van der Waals surface area (Å²) in [5, 5.41) is 9.65. The molecule has 3 aromatic rings. The minimum Gasteiger partial charge on any atom is -0.326 e. The molecule has 0 aliphatic heterocycles. The van der Waals surface area contributed by atoms with Gasteiger partial charge in [-0.1, -0.05) is 34.1 Å². The van der Waals surface area contributed by atoms with Crippen LogP contribution in [-0.2, 0) is 16.0 Å². The van der Waals surface area contributed by atoms with E-state index in [1.165, 1.54) is 17.3 Å². The van der Waals surface area contributed by atoms with Gasteiger partial charge < -0.3 is 10.6 Å². The minimum atomic E-state index is -0.473. The Morgan fingerprint density at radius 1 is 1.07 bits per heavy atom. The largest absolute Gasteiger partial charge is 0.326 e. The van der Waals surface area contributed by atoms with Gasteiger partial charge in [0.1, 0.15) is 18.7 Å². The summed E-state index contributed by atoms with van der Waals surface area (Å²) in [4.78, 5) is 28.3. The van der Waals surface area contributed by atoms with Crippen LogP contribution in [0.15, 0.2) is 65.7 Å². The summed E-state index contributed by atoms with van der Waals surface area (Å²) >= 11 is 3.49. The molecule has 1 unspecified atom stereocenters.